The first-order chi connectivity index (χ1) is 13.6. The fourth-order valence-electron chi connectivity index (χ4n) is 4.37. The molecule has 5 heteroatoms. The minimum atomic E-state index is 0.185. The molecule has 2 aromatic rings. The number of nitrogens with zero attached hydrogens (tertiary/aromatic N) is 1. The van der Waals surface area contributed by atoms with Gasteiger partial charge in [0, 0.05) is 23.7 Å². The predicted molar refractivity (Wildman–Crippen MR) is 116 cm³/mol. The number of fused-ring (bicyclic) bond motifs is 2. The number of likely N-dealkylation sites (N-methyl/N-ethyl adjacent to an activating group) is 1. The van der Waals surface area contributed by atoms with E-state index in [0.29, 0.717) is 12.5 Å². The third-order valence-electron chi connectivity index (χ3n) is 5.81. The van der Waals surface area contributed by atoms with Crippen molar-refractivity contribution in [3.63, 3.8) is 0 Å². The Kier molecular flexibility index (Phi) is 5.93. The van der Waals surface area contributed by atoms with Crippen molar-refractivity contribution < 1.29 is 9.53 Å². The van der Waals surface area contributed by atoms with Crippen LogP contribution in [-0.4, -0.2) is 43.8 Å². The number of anilines is 1. The number of thioether (sulfide) groups is 1. The molecule has 2 aliphatic rings. The lowest BCUT2D eigenvalue weighted by Gasteiger charge is -2.30. The molecule has 0 amide bonds. The first-order valence-electron chi connectivity index (χ1n) is 10.1. The van der Waals surface area contributed by atoms with E-state index < -0.39 is 0 Å². The number of carbonyl (C=O) groups is 1. The van der Waals surface area contributed by atoms with Gasteiger partial charge in [0.2, 0.25) is 5.12 Å². The number of benzene rings is 2. The van der Waals surface area contributed by atoms with Crippen LogP contribution in [0.1, 0.15) is 35.4 Å². The second kappa shape index (κ2) is 8.58. The van der Waals surface area contributed by atoms with Gasteiger partial charge in [0.25, 0.3) is 0 Å². The summed E-state index contributed by atoms with van der Waals surface area (Å²) in [6.45, 7) is 2.53. The average molecular weight is 397 g/mol. The van der Waals surface area contributed by atoms with Crippen molar-refractivity contribution in [3.05, 3.63) is 53.1 Å². The third-order valence-corrected chi connectivity index (χ3v) is 6.76. The van der Waals surface area contributed by atoms with E-state index in [4.69, 9.17) is 4.74 Å². The van der Waals surface area contributed by atoms with Crippen molar-refractivity contribution in [2.75, 3.05) is 39.1 Å². The van der Waals surface area contributed by atoms with E-state index in [9.17, 15) is 4.79 Å². The summed E-state index contributed by atoms with van der Waals surface area (Å²) in [5, 5.41) is 3.42. The molecule has 148 valence electrons. The fourth-order valence-corrected chi connectivity index (χ4v) is 5.13. The minimum absolute atomic E-state index is 0.185. The smallest absolute Gasteiger partial charge is 0.212 e. The molecule has 1 N–H and O–H groups in total. The topological polar surface area (TPSA) is 41.6 Å². The number of carbonyl (C=O) groups excluding carboxylic acids is 1. The predicted octanol–water partition coefficient (Wildman–Crippen LogP) is 4.33. The van der Waals surface area contributed by atoms with E-state index >= 15 is 0 Å². The van der Waals surface area contributed by atoms with E-state index in [0.717, 1.165) is 42.3 Å². The maximum absolute atomic E-state index is 11.5. The van der Waals surface area contributed by atoms with Crippen molar-refractivity contribution in [1.82, 2.24) is 4.90 Å². The van der Waals surface area contributed by atoms with Gasteiger partial charge in [-0.3, -0.25) is 4.79 Å². The Labute approximate surface area is 171 Å². The van der Waals surface area contributed by atoms with Crippen LogP contribution in [0.3, 0.4) is 0 Å². The molecule has 1 aliphatic carbocycles. The molecule has 0 spiro atoms. The Balaban J connectivity index is 1.37. The van der Waals surface area contributed by atoms with Crippen LogP contribution in [0.15, 0.2) is 41.3 Å². The van der Waals surface area contributed by atoms with Crippen LogP contribution >= 0.6 is 11.8 Å². The highest BCUT2D eigenvalue weighted by atomic mass is 32.2. The summed E-state index contributed by atoms with van der Waals surface area (Å²) in [6.07, 6.45) is 4.63. The van der Waals surface area contributed by atoms with E-state index in [2.05, 4.69) is 53.7 Å². The molecule has 28 heavy (non-hydrogen) atoms. The molecular weight excluding hydrogens is 368 g/mol. The quantitative estimate of drug-likeness (QED) is 0.787. The SMILES string of the molecule is COc1cccc2c1CCCC2CN(C)CCc1ccc2c(c1)NCC(=O)S2. The molecule has 1 heterocycles. The van der Waals surface area contributed by atoms with Gasteiger partial charge in [-0.25, -0.2) is 0 Å². The second-order valence-corrected chi connectivity index (χ2v) is 8.89. The standard InChI is InChI=1S/C23H28N2O2S/c1-25(12-11-16-9-10-22-20(13-16)24-14-23(26)28-22)15-17-5-3-7-19-18(17)6-4-8-21(19)27-2/h4,6,8-10,13,17,24H,3,5,7,11-12,14-15H2,1-2H3. The van der Waals surface area contributed by atoms with Crippen molar-refractivity contribution in [3.8, 4) is 5.75 Å². The summed E-state index contributed by atoms with van der Waals surface area (Å²) in [6, 6.07) is 12.9. The molecule has 0 saturated heterocycles. The summed E-state index contributed by atoms with van der Waals surface area (Å²) in [4.78, 5) is 15.0. The number of nitrogens with one attached hydrogen (secondary N) is 1. The maximum Gasteiger partial charge on any atom is 0.212 e. The Morgan fingerprint density at radius 2 is 2.18 bits per heavy atom. The minimum Gasteiger partial charge on any atom is -0.496 e. The second-order valence-electron chi connectivity index (χ2n) is 7.79. The molecule has 0 radical (unpaired) electrons. The molecule has 4 nitrogen and oxygen atoms in total. The molecule has 0 fully saturated rings. The van der Waals surface area contributed by atoms with Gasteiger partial charge in [-0.2, -0.15) is 0 Å². The molecule has 0 bridgehead atoms. The largest absolute Gasteiger partial charge is 0.496 e. The van der Waals surface area contributed by atoms with Gasteiger partial charge in [-0.1, -0.05) is 18.2 Å². The highest BCUT2D eigenvalue weighted by Gasteiger charge is 2.23. The monoisotopic (exact) mass is 396 g/mol. The number of rotatable bonds is 6. The summed E-state index contributed by atoms with van der Waals surface area (Å²) < 4.78 is 5.58. The summed E-state index contributed by atoms with van der Waals surface area (Å²) in [7, 11) is 3.99. The molecule has 2 aromatic carbocycles. The van der Waals surface area contributed by atoms with Crippen LogP contribution < -0.4 is 10.1 Å². The normalized spacial score (nSPS) is 18.4. The lowest BCUT2D eigenvalue weighted by atomic mass is 9.82. The zero-order valence-corrected chi connectivity index (χ0v) is 17.5. The van der Waals surface area contributed by atoms with E-state index in [1.54, 1.807) is 7.11 Å². The van der Waals surface area contributed by atoms with Crippen LogP contribution in [-0.2, 0) is 17.6 Å². The highest BCUT2D eigenvalue weighted by molar-refractivity contribution is 8.14. The summed E-state index contributed by atoms with van der Waals surface area (Å²) >= 11 is 1.34. The van der Waals surface area contributed by atoms with Gasteiger partial charge >= 0.3 is 0 Å². The van der Waals surface area contributed by atoms with Crippen molar-refractivity contribution in [2.45, 2.75) is 36.5 Å². The van der Waals surface area contributed by atoms with E-state index in [-0.39, 0.29) is 5.12 Å². The van der Waals surface area contributed by atoms with Gasteiger partial charge in [-0.05, 0) is 85.3 Å². The van der Waals surface area contributed by atoms with Gasteiger partial charge in [-0.15, -0.1) is 0 Å². The zero-order valence-electron chi connectivity index (χ0n) is 16.7. The zero-order chi connectivity index (χ0) is 19.5. The molecule has 1 unspecified atom stereocenters. The Bertz CT molecular complexity index is 868. The Hall–Kier alpha value is -1.98. The summed E-state index contributed by atoms with van der Waals surface area (Å²) in [5.41, 5.74) is 5.29. The maximum atomic E-state index is 11.5. The van der Waals surface area contributed by atoms with E-state index in [1.165, 1.54) is 41.3 Å². The average Bonchev–Trinajstić information content (AvgIpc) is 2.72. The Morgan fingerprint density at radius 3 is 3.04 bits per heavy atom. The van der Waals surface area contributed by atoms with Crippen LogP contribution in [0.25, 0.3) is 0 Å². The highest BCUT2D eigenvalue weighted by Crippen LogP contribution is 2.37. The van der Waals surface area contributed by atoms with E-state index in [1.807, 2.05) is 0 Å². The molecular formula is C23H28N2O2S. The van der Waals surface area contributed by atoms with Crippen molar-refractivity contribution >= 4 is 22.6 Å². The lowest BCUT2D eigenvalue weighted by molar-refractivity contribution is -0.109. The van der Waals surface area contributed by atoms with Crippen molar-refractivity contribution in [2.24, 2.45) is 0 Å². The number of methoxy groups -OCH3 is 1. The molecule has 1 atom stereocenters. The first kappa shape index (κ1) is 19.3. The Morgan fingerprint density at radius 1 is 1.29 bits per heavy atom. The number of hydrogen-bond acceptors (Lipinski definition) is 5. The first-order valence-corrected chi connectivity index (χ1v) is 10.9. The lowest BCUT2D eigenvalue weighted by Crippen LogP contribution is -2.28. The molecule has 0 saturated carbocycles. The van der Waals surface area contributed by atoms with Crippen molar-refractivity contribution in [1.29, 1.82) is 0 Å². The number of hydrogen-bond donors (Lipinski definition) is 1. The fraction of sp³-hybridized carbons (Fsp3) is 0.435. The summed E-state index contributed by atoms with van der Waals surface area (Å²) in [5.74, 6) is 1.62. The third kappa shape index (κ3) is 4.20. The van der Waals surface area contributed by atoms with Gasteiger partial charge in [0.1, 0.15) is 5.75 Å². The van der Waals surface area contributed by atoms with Gasteiger partial charge in [0.15, 0.2) is 0 Å². The molecule has 1 aliphatic heterocycles. The van der Waals surface area contributed by atoms with Gasteiger partial charge in [0.05, 0.1) is 13.7 Å². The molecule has 4 rings (SSSR count). The van der Waals surface area contributed by atoms with Crippen LogP contribution in [0.5, 0.6) is 5.75 Å². The van der Waals surface area contributed by atoms with Gasteiger partial charge < -0.3 is 15.0 Å². The molecule has 0 aromatic heterocycles. The van der Waals surface area contributed by atoms with Crippen LogP contribution in [0.4, 0.5) is 5.69 Å². The van der Waals surface area contributed by atoms with Crippen LogP contribution in [0.2, 0.25) is 0 Å². The number of ether oxygens (including phenoxy) is 1. The van der Waals surface area contributed by atoms with Crippen LogP contribution in [0, 0.1) is 0 Å².